The van der Waals surface area contributed by atoms with E-state index < -0.39 is 56.9 Å². The lowest BCUT2D eigenvalue weighted by Crippen LogP contribution is -2.08. The summed E-state index contributed by atoms with van der Waals surface area (Å²) in [6.45, 7) is 0. The molecule has 14 nitrogen and oxygen atoms in total. The molecule has 0 aliphatic heterocycles. The van der Waals surface area contributed by atoms with Gasteiger partial charge < -0.3 is 4.74 Å². The third kappa shape index (κ3) is 3.76. The Labute approximate surface area is 189 Å². The Morgan fingerprint density at radius 3 is 1.53 bits per heavy atom. The lowest BCUT2D eigenvalue weighted by molar-refractivity contribution is 0.211. The molecule has 0 heterocycles. The van der Waals surface area contributed by atoms with Crippen LogP contribution in [-0.4, -0.2) is 45.0 Å². The van der Waals surface area contributed by atoms with Crippen LogP contribution in [0.4, 0.5) is 4.79 Å². The van der Waals surface area contributed by atoms with Crippen molar-refractivity contribution in [3.05, 3.63) is 46.8 Å². The summed E-state index contributed by atoms with van der Waals surface area (Å²) in [6, 6.07) is 5.68. The van der Waals surface area contributed by atoms with Crippen molar-refractivity contribution in [2.45, 2.75) is 14.7 Å². The molecule has 0 saturated heterocycles. The molecule has 0 aromatic heterocycles. The molecule has 0 saturated carbocycles. The van der Waals surface area contributed by atoms with Gasteiger partial charge in [0.1, 0.15) is 20.4 Å². The Hall–Kier alpha value is -3.57. The molecule has 3 N–H and O–H groups in total. The molecule has 4 rings (SSSR count). The number of ether oxygens (including phenoxy) is 1. The van der Waals surface area contributed by atoms with E-state index in [1.165, 1.54) is 6.07 Å². The summed E-state index contributed by atoms with van der Waals surface area (Å²) in [5, 5.41) is 1.35. The Kier molecular flexibility index (Phi) is 5.18. The highest BCUT2D eigenvalue weighted by molar-refractivity contribution is 7.87. The average molecular weight is 527 g/mol. The van der Waals surface area contributed by atoms with Gasteiger partial charge in [-0.15, -0.1) is 0 Å². The van der Waals surface area contributed by atoms with E-state index in [-0.39, 0.29) is 32.3 Å². The Bertz CT molecular complexity index is 1870. The molecule has 0 fully saturated rings. The van der Waals surface area contributed by atoms with E-state index >= 15 is 0 Å². The second kappa shape index (κ2) is 7.47. The maximum Gasteiger partial charge on any atom is 0.402 e. The van der Waals surface area contributed by atoms with Gasteiger partial charge in [0.25, 0.3) is 30.4 Å². The van der Waals surface area contributed by atoms with E-state index in [1.807, 2.05) is 0 Å². The quantitative estimate of drug-likeness (QED) is 0.114. The van der Waals surface area contributed by atoms with Crippen molar-refractivity contribution in [3.8, 4) is 5.75 Å². The number of carbonyl (C=O) groups is 1. The summed E-state index contributed by atoms with van der Waals surface area (Å²) < 4.78 is 106. The summed E-state index contributed by atoms with van der Waals surface area (Å²) in [5.41, 5.74) is 8.41. The topological polar surface area (TPSA) is 238 Å². The fourth-order valence-corrected chi connectivity index (χ4v) is 5.95. The number of rotatable bonds is 4. The number of carbonyl (C=O) groups excluding carboxylic acids is 1. The molecule has 4 aromatic rings. The first-order valence-corrected chi connectivity index (χ1v) is 12.9. The largest absolute Gasteiger partial charge is 0.421 e. The van der Waals surface area contributed by atoms with Crippen molar-refractivity contribution in [2.24, 2.45) is 5.11 Å². The summed E-state index contributed by atoms with van der Waals surface area (Å²) in [4.78, 5) is 11.3. The molecule has 0 aliphatic carbocycles. The van der Waals surface area contributed by atoms with Crippen LogP contribution < -0.4 is 4.74 Å². The molecule has 0 unspecified atom stereocenters. The van der Waals surface area contributed by atoms with Gasteiger partial charge in [-0.25, -0.2) is 4.79 Å². The van der Waals surface area contributed by atoms with Gasteiger partial charge in [0.05, 0.1) is 0 Å². The third-order valence-corrected chi connectivity index (χ3v) is 7.58. The number of nitrogens with zero attached hydrogens (tertiary/aromatic N) is 3. The van der Waals surface area contributed by atoms with Gasteiger partial charge in [-0.2, -0.15) is 25.3 Å². The standard InChI is InChI=1S/C17H9N3O11S3/c18-20-19-17(21)31-11-5-12(32(22,23)24)8-3-4-10-14(34(28,29)30)6-13(33(25,26)27)9-2-1-7(11)15(8)16(9)10/h1-6H,(H,22,23,24)(H,25,26,27)(H,28,29,30). The van der Waals surface area contributed by atoms with Crippen LogP contribution in [0.2, 0.25) is 0 Å². The molecule has 0 spiro atoms. The predicted molar refractivity (Wildman–Crippen MR) is 115 cm³/mol. The normalized spacial score (nSPS) is 12.8. The highest BCUT2D eigenvalue weighted by Gasteiger charge is 2.28. The fourth-order valence-electron chi connectivity index (χ4n) is 3.74. The van der Waals surface area contributed by atoms with E-state index in [2.05, 4.69) is 10.0 Å². The number of hydrogen-bond acceptors (Lipinski definition) is 8. The predicted octanol–water partition coefficient (Wildman–Crippen LogP) is 3.13. The first kappa shape index (κ1) is 23.6. The maximum atomic E-state index is 12.1. The molecule has 1 amide bonds. The van der Waals surface area contributed by atoms with Crippen LogP contribution in [0.5, 0.6) is 5.75 Å². The summed E-state index contributed by atoms with van der Waals surface area (Å²) >= 11 is 0. The van der Waals surface area contributed by atoms with Crippen LogP contribution >= 0.6 is 0 Å². The van der Waals surface area contributed by atoms with E-state index in [0.717, 1.165) is 24.3 Å². The molecule has 0 radical (unpaired) electrons. The first-order chi connectivity index (χ1) is 15.6. The van der Waals surface area contributed by atoms with Crippen molar-refractivity contribution in [2.75, 3.05) is 0 Å². The Morgan fingerprint density at radius 1 is 0.735 bits per heavy atom. The first-order valence-electron chi connectivity index (χ1n) is 8.62. The minimum absolute atomic E-state index is 0.0873. The lowest BCUT2D eigenvalue weighted by Gasteiger charge is -2.18. The highest BCUT2D eigenvalue weighted by atomic mass is 32.2. The van der Waals surface area contributed by atoms with Crippen LogP contribution in [0, 0.1) is 0 Å². The van der Waals surface area contributed by atoms with Crippen LogP contribution in [-0.2, 0) is 30.4 Å². The Balaban J connectivity index is 2.37. The second-order valence-electron chi connectivity index (χ2n) is 6.80. The minimum atomic E-state index is -5.07. The molecule has 0 aliphatic rings. The van der Waals surface area contributed by atoms with Gasteiger partial charge >= 0.3 is 6.09 Å². The van der Waals surface area contributed by atoms with E-state index in [9.17, 15) is 43.7 Å². The molecule has 34 heavy (non-hydrogen) atoms. The zero-order valence-corrected chi connectivity index (χ0v) is 18.6. The zero-order chi connectivity index (χ0) is 25.2. The van der Waals surface area contributed by atoms with Gasteiger partial charge in [-0.05, 0) is 17.7 Å². The number of hydrogen-bond donors (Lipinski definition) is 3. The summed E-state index contributed by atoms with van der Waals surface area (Å²) in [6.07, 6.45) is -1.50. The van der Waals surface area contributed by atoms with E-state index in [1.54, 1.807) is 0 Å². The van der Waals surface area contributed by atoms with Crippen molar-refractivity contribution in [3.63, 3.8) is 0 Å². The number of amides is 1. The SMILES string of the molecule is [N-]=[N+]=NC(=O)Oc1cc(S(=O)(=O)O)c2ccc3c(S(=O)(=O)O)cc(S(=O)(=O)O)c4ccc1c2c43. The molecule has 0 atom stereocenters. The van der Waals surface area contributed by atoms with Crippen LogP contribution in [0.3, 0.4) is 0 Å². The van der Waals surface area contributed by atoms with Crippen LogP contribution in [0.1, 0.15) is 0 Å². The smallest absolute Gasteiger partial charge is 0.402 e. The van der Waals surface area contributed by atoms with Crippen molar-refractivity contribution >= 4 is 68.8 Å². The molecular formula is C17H9N3O11S3. The van der Waals surface area contributed by atoms with Gasteiger partial charge in [-0.1, -0.05) is 18.2 Å². The van der Waals surface area contributed by atoms with Gasteiger partial charge in [0, 0.05) is 48.4 Å². The van der Waals surface area contributed by atoms with Crippen LogP contribution in [0.15, 0.2) is 56.2 Å². The van der Waals surface area contributed by atoms with Crippen molar-refractivity contribution in [1.29, 1.82) is 0 Å². The highest BCUT2D eigenvalue weighted by Crippen LogP contribution is 2.45. The van der Waals surface area contributed by atoms with Gasteiger partial charge in [0.2, 0.25) is 0 Å². The minimum Gasteiger partial charge on any atom is -0.421 e. The third-order valence-electron chi connectivity index (χ3n) is 4.90. The van der Waals surface area contributed by atoms with Crippen molar-refractivity contribution < 1.29 is 48.4 Å². The van der Waals surface area contributed by atoms with E-state index in [0.29, 0.717) is 6.07 Å². The summed E-state index contributed by atoms with van der Waals surface area (Å²) in [5.74, 6) is -0.544. The lowest BCUT2D eigenvalue weighted by atomic mass is 9.93. The van der Waals surface area contributed by atoms with Gasteiger partial charge in [-0.3, -0.25) is 13.7 Å². The zero-order valence-electron chi connectivity index (χ0n) is 16.1. The average Bonchev–Trinajstić information content (AvgIpc) is 2.70. The molecule has 176 valence electrons. The number of azide groups is 1. The van der Waals surface area contributed by atoms with Crippen LogP contribution in [0.25, 0.3) is 42.8 Å². The number of benzene rings is 4. The Morgan fingerprint density at radius 2 is 1.12 bits per heavy atom. The summed E-state index contributed by atoms with van der Waals surface area (Å²) in [7, 11) is -15.1. The molecular weight excluding hydrogens is 518 g/mol. The van der Waals surface area contributed by atoms with Crippen molar-refractivity contribution in [1.82, 2.24) is 0 Å². The van der Waals surface area contributed by atoms with Gasteiger partial charge in [0.15, 0.2) is 0 Å². The second-order valence-corrected chi connectivity index (χ2v) is 11.0. The fraction of sp³-hybridized carbons (Fsp3) is 0. The van der Waals surface area contributed by atoms with E-state index in [4.69, 9.17) is 10.3 Å². The monoisotopic (exact) mass is 527 g/mol. The maximum absolute atomic E-state index is 12.1. The molecule has 4 aromatic carbocycles. The molecule has 0 bridgehead atoms. The molecule has 17 heteroatoms.